The first-order valence-corrected chi connectivity index (χ1v) is 10.4. The van der Waals surface area contributed by atoms with Crippen LogP contribution in [0.4, 0.5) is 0 Å². The Balaban J connectivity index is 1.52. The van der Waals surface area contributed by atoms with Crippen LogP contribution < -0.4 is 0 Å². The van der Waals surface area contributed by atoms with E-state index in [2.05, 4.69) is 0 Å². The van der Waals surface area contributed by atoms with Crippen molar-refractivity contribution in [3.8, 4) is 0 Å². The number of amides is 3. The number of carboxylic acid groups (broad SMARTS) is 1. The molecule has 0 radical (unpaired) electrons. The average Bonchev–Trinajstić information content (AvgIpc) is 3.07. The fourth-order valence-corrected chi connectivity index (χ4v) is 3.94. The van der Waals surface area contributed by atoms with Gasteiger partial charge in [-0.25, -0.2) is 4.79 Å². The lowest BCUT2D eigenvalue weighted by Gasteiger charge is -2.25. The molecule has 7 heteroatoms. The Morgan fingerprint density at radius 1 is 0.848 bits per heavy atom. The van der Waals surface area contributed by atoms with E-state index in [0.29, 0.717) is 16.7 Å². The van der Waals surface area contributed by atoms with E-state index in [0.717, 1.165) is 10.5 Å². The summed E-state index contributed by atoms with van der Waals surface area (Å²) in [7, 11) is 1.46. The number of nitrogens with zero attached hydrogens (tertiary/aromatic N) is 2. The van der Waals surface area contributed by atoms with E-state index in [9.17, 15) is 24.3 Å². The van der Waals surface area contributed by atoms with Crippen molar-refractivity contribution in [3.05, 3.63) is 107 Å². The van der Waals surface area contributed by atoms with E-state index < -0.39 is 17.9 Å². The van der Waals surface area contributed by atoms with Crippen molar-refractivity contribution in [3.63, 3.8) is 0 Å². The van der Waals surface area contributed by atoms with Gasteiger partial charge in [-0.2, -0.15) is 0 Å². The maximum absolute atomic E-state index is 13.1. The number of rotatable bonds is 7. The van der Waals surface area contributed by atoms with Crippen LogP contribution in [0.15, 0.2) is 78.9 Å². The first-order valence-electron chi connectivity index (χ1n) is 10.4. The molecule has 1 N–H and O–H groups in total. The second-order valence-corrected chi connectivity index (χ2v) is 7.90. The first kappa shape index (κ1) is 22.0. The zero-order valence-electron chi connectivity index (χ0n) is 18.0. The lowest BCUT2D eigenvalue weighted by atomic mass is 10.0. The van der Waals surface area contributed by atoms with Crippen LogP contribution in [0.1, 0.15) is 42.2 Å². The smallest absolute Gasteiger partial charge is 0.326 e. The average molecular weight is 442 g/mol. The van der Waals surface area contributed by atoms with E-state index in [1.165, 1.54) is 11.9 Å². The van der Waals surface area contributed by atoms with E-state index >= 15 is 0 Å². The second-order valence-electron chi connectivity index (χ2n) is 7.90. The highest BCUT2D eigenvalue weighted by Crippen LogP contribution is 2.24. The lowest BCUT2D eigenvalue weighted by molar-refractivity contribution is -0.141. The molecule has 0 saturated heterocycles. The predicted octanol–water partition coefficient (Wildman–Crippen LogP) is 3.25. The Hall–Kier alpha value is -4.26. The molecule has 0 saturated carbocycles. The third kappa shape index (κ3) is 4.39. The zero-order chi connectivity index (χ0) is 23.5. The van der Waals surface area contributed by atoms with E-state index in [4.69, 9.17) is 0 Å². The molecule has 0 aliphatic carbocycles. The van der Waals surface area contributed by atoms with Gasteiger partial charge in [0, 0.05) is 19.0 Å². The van der Waals surface area contributed by atoms with Crippen molar-refractivity contribution in [2.75, 3.05) is 7.05 Å². The molecule has 33 heavy (non-hydrogen) atoms. The number of likely N-dealkylation sites (N-methyl/N-ethyl adjacent to an activating group) is 1. The number of benzene rings is 3. The number of carboxylic acids is 1. The van der Waals surface area contributed by atoms with Crippen molar-refractivity contribution in [1.29, 1.82) is 0 Å². The molecule has 0 aromatic heterocycles. The van der Waals surface area contributed by atoms with Crippen LogP contribution in [-0.2, 0) is 17.8 Å². The minimum Gasteiger partial charge on any atom is -0.480 e. The zero-order valence-corrected chi connectivity index (χ0v) is 18.0. The maximum atomic E-state index is 13.1. The number of hydrogen-bond acceptors (Lipinski definition) is 4. The number of fused-ring (bicyclic) bond motifs is 1. The largest absolute Gasteiger partial charge is 0.480 e. The minimum absolute atomic E-state index is 0.0174. The van der Waals surface area contributed by atoms with E-state index in [1.54, 1.807) is 48.5 Å². The van der Waals surface area contributed by atoms with Gasteiger partial charge in [0.1, 0.15) is 6.04 Å². The molecule has 7 nitrogen and oxygen atoms in total. The van der Waals surface area contributed by atoms with Crippen molar-refractivity contribution >= 4 is 23.7 Å². The lowest BCUT2D eigenvalue weighted by Crippen LogP contribution is -2.43. The standard InChI is InChI=1S/C26H22N2O5/c1-27(22(26(32)33)15-17-8-3-2-4-9-17)23(29)19-11-7-10-18(14-19)16-28-24(30)20-12-5-6-13-21(20)25(28)31/h2-14,22H,15-16H2,1H3,(H,32,33). The third-order valence-corrected chi connectivity index (χ3v) is 5.74. The monoisotopic (exact) mass is 442 g/mol. The Morgan fingerprint density at radius 3 is 2.03 bits per heavy atom. The second kappa shape index (κ2) is 9.08. The summed E-state index contributed by atoms with van der Waals surface area (Å²) in [5, 5.41) is 9.71. The molecule has 166 valence electrons. The number of carbonyl (C=O) groups is 4. The summed E-state index contributed by atoms with van der Waals surface area (Å²) in [5.74, 6) is -2.31. The number of imide groups is 1. The highest BCUT2D eigenvalue weighted by atomic mass is 16.4. The van der Waals surface area contributed by atoms with Crippen molar-refractivity contribution in [1.82, 2.24) is 9.80 Å². The molecule has 0 spiro atoms. The van der Waals surface area contributed by atoms with Gasteiger partial charge in [0.15, 0.2) is 0 Å². The van der Waals surface area contributed by atoms with Gasteiger partial charge < -0.3 is 10.0 Å². The fraction of sp³-hybridized carbons (Fsp3) is 0.154. The number of aliphatic carboxylic acids is 1. The molecule has 0 fully saturated rings. The Bertz CT molecular complexity index is 1200. The predicted molar refractivity (Wildman–Crippen MR) is 121 cm³/mol. The Morgan fingerprint density at radius 2 is 1.42 bits per heavy atom. The van der Waals surface area contributed by atoms with Crippen LogP contribution in [0.2, 0.25) is 0 Å². The number of carbonyl (C=O) groups excluding carboxylic acids is 3. The molecule has 4 rings (SSSR count). The van der Waals surface area contributed by atoms with Gasteiger partial charge >= 0.3 is 5.97 Å². The van der Waals surface area contributed by atoms with Crippen molar-refractivity contribution in [2.45, 2.75) is 19.0 Å². The Kier molecular flexibility index (Phi) is 6.04. The summed E-state index contributed by atoms with van der Waals surface area (Å²) in [5.41, 5.74) is 2.41. The highest BCUT2D eigenvalue weighted by Gasteiger charge is 2.35. The molecule has 0 bridgehead atoms. The minimum atomic E-state index is -1.10. The molecule has 3 amide bonds. The van der Waals surface area contributed by atoms with Crippen LogP contribution in [0.25, 0.3) is 0 Å². The van der Waals surface area contributed by atoms with Gasteiger partial charge in [0.05, 0.1) is 17.7 Å². The van der Waals surface area contributed by atoms with Crippen LogP contribution >= 0.6 is 0 Å². The van der Waals surface area contributed by atoms with E-state index in [-0.39, 0.29) is 30.3 Å². The molecular formula is C26H22N2O5. The molecule has 1 heterocycles. The Labute approximate surface area is 190 Å². The quantitative estimate of drug-likeness (QED) is 0.567. The van der Waals surface area contributed by atoms with Gasteiger partial charge in [0.25, 0.3) is 17.7 Å². The van der Waals surface area contributed by atoms with Gasteiger partial charge in [0.2, 0.25) is 0 Å². The van der Waals surface area contributed by atoms with Gasteiger partial charge in [-0.1, -0.05) is 54.6 Å². The summed E-state index contributed by atoms with van der Waals surface area (Å²) in [6.07, 6.45) is 0.174. The summed E-state index contributed by atoms with van der Waals surface area (Å²) >= 11 is 0. The van der Waals surface area contributed by atoms with E-state index in [1.807, 2.05) is 30.3 Å². The van der Waals surface area contributed by atoms with Crippen LogP contribution in [0.3, 0.4) is 0 Å². The summed E-state index contributed by atoms with van der Waals surface area (Å²) in [6.45, 7) is 0.0174. The van der Waals surface area contributed by atoms with Crippen LogP contribution in [0.5, 0.6) is 0 Å². The summed E-state index contributed by atoms with van der Waals surface area (Å²) in [6, 6.07) is 21.3. The van der Waals surface area contributed by atoms with Gasteiger partial charge in [-0.15, -0.1) is 0 Å². The summed E-state index contributed by atoms with van der Waals surface area (Å²) < 4.78 is 0. The van der Waals surface area contributed by atoms with Gasteiger partial charge in [-0.3, -0.25) is 19.3 Å². The SMILES string of the molecule is CN(C(=O)c1cccc(CN2C(=O)c3ccccc3C2=O)c1)C(Cc1ccccc1)C(=O)O. The highest BCUT2D eigenvalue weighted by molar-refractivity contribution is 6.21. The van der Waals surface area contributed by atoms with Crippen molar-refractivity contribution in [2.24, 2.45) is 0 Å². The maximum Gasteiger partial charge on any atom is 0.326 e. The third-order valence-electron chi connectivity index (χ3n) is 5.74. The molecule has 1 aliphatic rings. The molecule has 1 unspecified atom stereocenters. The summed E-state index contributed by atoms with van der Waals surface area (Å²) in [4.78, 5) is 52.6. The normalized spacial score (nSPS) is 13.5. The van der Waals surface area contributed by atoms with Crippen LogP contribution in [-0.4, -0.2) is 51.7 Å². The first-order chi connectivity index (χ1) is 15.9. The molecule has 1 atom stereocenters. The topological polar surface area (TPSA) is 95.0 Å². The molecular weight excluding hydrogens is 420 g/mol. The van der Waals surface area contributed by atoms with Crippen LogP contribution in [0, 0.1) is 0 Å². The number of hydrogen-bond donors (Lipinski definition) is 1. The fourth-order valence-electron chi connectivity index (χ4n) is 3.94. The molecule has 3 aromatic carbocycles. The van der Waals surface area contributed by atoms with Gasteiger partial charge in [-0.05, 0) is 35.4 Å². The molecule has 3 aromatic rings. The van der Waals surface area contributed by atoms with Crippen molar-refractivity contribution < 1.29 is 24.3 Å². The molecule has 1 aliphatic heterocycles.